The number of hydrogen-bond donors (Lipinski definition) is 2. The second-order valence-electron chi connectivity index (χ2n) is 7.87. The lowest BCUT2D eigenvalue weighted by atomic mass is 9.99. The number of nitrogens with zero attached hydrogens (tertiary/aromatic N) is 4. The van der Waals surface area contributed by atoms with Gasteiger partial charge in [-0.3, -0.25) is 4.98 Å². The zero-order chi connectivity index (χ0) is 21.9. The van der Waals surface area contributed by atoms with Gasteiger partial charge in [0, 0.05) is 41.5 Å². The van der Waals surface area contributed by atoms with Crippen LogP contribution in [0.1, 0.15) is 29.5 Å². The van der Waals surface area contributed by atoms with Gasteiger partial charge in [-0.05, 0) is 62.7 Å². The molecule has 6 nitrogen and oxygen atoms in total. The van der Waals surface area contributed by atoms with Crippen molar-refractivity contribution in [1.82, 2.24) is 25.3 Å². The summed E-state index contributed by atoms with van der Waals surface area (Å²) in [6.07, 6.45) is 7.47. The molecule has 0 radical (unpaired) electrons. The molecular weight excluding hydrogens is 423 g/mol. The van der Waals surface area contributed by atoms with Crippen LogP contribution in [0.4, 0.5) is 16.0 Å². The van der Waals surface area contributed by atoms with E-state index in [2.05, 4.69) is 25.6 Å². The van der Waals surface area contributed by atoms with Crippen molar-refractivity contribution in [2.24, 2.45) is 0 Å². The molecular formula is C24H23FN6S. The van der Waals surface area contributed by atoms with Crippen LogP contribution in [0.5, 0.6) is 0 Å². The Bertz CT molecular complexity index is 1200. The maximum atomic E-state index is 13.5. The molecule has 1 aromatic carbocycles. The Morgan fingerprint density at radius 3 is 2.47 bits per heavy atom. The fourth-order valence-electron chi connectivity index (χ4n) is 3.84. The first kappa shape index (κ1) is 20.7. The number of benzene rings is 1. The number of aryl methyl sites for hydroxylation is 1. The van der Waals surface area contributed by atoms with Crippen molar-refractivity contribution in [1.29, 1.82) is 0 Å². The Morgan fingerprint density at radius 1 is 1.00 bits per heavy atom. The zero-order valence-electron chi connectivity index (χ0n) is 17.7. The standard InChI is InChI=1S/C24H23FN6S/c1-15-12-20(8-11-27-15)30-24-28-13-18(14-29-24)21-22(16-2-4-19(25)5-3-16)32-23(31-21)17-6-9-26-10-7-17/h2-5,8,11-14,17,26H,6-7,9-10H2,1H3,(H,27,28,29,30). The number of hydrogen-bond acceptors (Lipinski definition) is 7. The lowest BCUT2D eigenvalue weighted by Gasteiger charge is -2.20. The summed E-state index contributed by atoms with van der Waals surface area (Å²) in [4.78, 5) is 19.2. The fraction of sp³-hybridized carbons (Fsp3) is 0.250. The average Bonchev–Trinajstić information content (AvgIpc) is 3.26. The van der Waals surface area contributed by atoms with Gasteiger partial charge in [0.1, 0.15) is 5.82 Å². The first-order chi connectivity index (χ1) is 15.7. The normalized spacial score (nSPS) is 14.4. The van der Waals surface area contributed by atoms with Gasteiger partial charge in [0.2, 0.25) is 5.95 Å². The number of rotatable bonds is 5. The molecule has 162 valence electrons. The molecule has 8 heteroatoms. The summed E-state index contributed by atoms with van der Waals surface area (Å²) in [7, 11) is 0. The number of nitrogens with one attached hydrogen (secondary N) is 2. The monoisotopic (exact) mass is 446 g/mol. The van der Waals surface area contributed by atoms with Gasteiger partial charge in [0.05, 0.1) is 15.6 Å². The summed E-state index contributed by atoms with van der Waals surface area (Å²) in [5.74, 6) is 0.700. The largest absolute Gasteiger partial charge is 0.324 e. The molecule has 5 rings (SSSR count). The lowest BCUT2D eigenvalue weighted by molar-refractivity contribution is 0.459. The highest BCUT2D eigenvalue weighted by molar-refractivity contribution is 7.15. The van der Waals surface area contributed by atoms with Gasteiger partial charge in [-0.1, -0.05) is 12.1 Å². The summed E-state index contributed by atoms with van der Waals surface area (Å²) in [6, 6.07) is 10.4. The summed E-state index contributed by atoms with van der Waals surface area (Å²) in [5.41, 5.74) is 4.45. The summed E-state index contributed by atoms with van der Waals surface area (Å²) in [6.45, 7) is 3.95. The van der Waals surface area contributed by atoms with Gasteiger partial charge in [-0.15, -0.1) is 11.3 Å². The molecule has 2 N–H and O–H groups in total. The highest BCUT2D eigenvalue weighted by Gasteiger charge is 2.23. The van der Waals surface area contributed by atoms with E-state index in [0.717, 1.165) is 64.0 Å². The van der Waals surface area contributed by atoms with Gasteiger partial charge in [0.15, 0.2) is 0 Å². The van der Waals surface area contributed by atoms with E-state index in [1.807, 2.05) is 19.1 Å². The number of thiazole rings is 1. The molecule has 0 amide bonds. The van der Waals surface area contributed by atoms with E-state index < -0.39 is 0 Å². The fourth-order valence-corrected chi connectivity index (χ4v) is 5.10. The van der Waals surface area contributed by atoms with Crippen molar-refractivity contribution < 1.29 is 4.39 Å². The van der Waals surface area contributed by atoms with E-state index in [1.165, 1.54) is 12.1 Å². The number of aromatic nitrogens is 4. The van der Waals surface area contributed by atoms with Crippen molar-refractivity contribution >= 4 is 23.0 Å². The van der Waals surface area contributed by atoms with Gasteiger partial charge in [-0.2, -0.15) is 0 Å². The van der Waals surface area contributed by atoms with Crippen LogP contribution in [0.2, 0.25) is 0 Å². The van der Waals surface area contributed by atoms with Crippen molar-refractivity contribution in [3.05, 3.63) is 71.5 Å². The molecule has 1 fully saturated rings. The maximum Gasteiger partial charge on any atom is 0.227 e. The number of anilines is 2. The van der Waals surface area contributed by atoms with Crippen molar-refractivity contribution in [3.63, 3.8) is 0 Å². The van der Waals surface area contributed by atoms with E-state index in [0.29, 0.717) is 11.9 Å². The van der Waals surface area contributed by atoms with Gasteiger partial charge in [-0.25, -0.2) is 19.3 Å². The van der Waals surface area contributed by atoms with E-state index >= 15 is 0 Å². The van der Waals surface area contributed by atoms with E-state index in [-0.39, 0.29) is 5.82 Å². The van der Waals surface area contributed by atoms with Crippen molar-refractivity contribution in [2.45, 2.75) is 25.7 Å². The van der Waals surface area contributed by atoms with Crippen LogP contribution < -0.4 is 10.6 Å². The average molecular weight is 447 g/mol. The highest BCUT2D eigenvalue weighted by Crippen LogP contribution is 2.40. The van der Waals surface area contributed by atoms with Crippen LogP contribution in [0.25, 0.3) is 21.7 Å². The minimum atomic E-state index is -0.247. The Hall–Kier alpha value is -3.23. The maximum absolute atomic E-state index is 13.5. The van der Waals surface area contributed by atoms with Crippen molar-refractivity contribution in [3.8, 4) is 21.7 Å². The van der Waals surface area contributed by atoms with Gasteiger partial charge in [0.25, 0.3) is 0 Å². The van der Waals surface area contributed by atoms with Gasteiger partial charge < -0.3 is 10.6 Å². The van der Waals surface area contributed by atoms with Crippen molar-refractivity contribution in [2.75, 3.05) is 18.4 Å². The summed E-state index contributed by atoms with van der Waals surface area (Å²) >= 11 is 1.69. The molecule has 0 aliphatic carbocycles. The number of pyridine rings is 1. The number of halogens is 1. The molecule has 0 atom stereocenters. The summed E-state index contributed by atoms with van der Waals surface area (Å²) < 4.78 is 13.5. The van der Waals surface area contributed by atoms with E-state index in [1.54, 1.807) is 42.1 Å². The lowest BCUT2D eigenvalue weighted by Crippen LogP contribution is -2.26. The molecule has 4 aromatic rings. The summed E-state index contributed by atoms with van der Waals surface area (Å²) in [5, 5.41) is 7.73. The Labute approximate surface area is 190 Å². The molecule has 32 heavy (non-hydrogen) atoms. The molecule has 1 aliphatic heterocycles. The minimum absolute atomic E-state index is 0.247. The third-order valence-electron chi connectivity index (χ3n) is 5.52. The Morgan fingerprint density at radius 2 is 1.75 bits per heavy atom. The van der Waals surface area contributed by atoms with Crippen LogP contribution in [0.3, 0.4) is 0 Å². The number of piperidine rings is 1. The van der Waals surface area contributed by atoms with E-state index in [9.17, 15) is 4.39 Å². The second-order valence-corrected chi connectivity index (χ2v) is 8.90. The second kappa shape index (κ2) is 9.10. The third-order valence-corrected chi connectivity index (χ3v) is 6.78. The predicted octanol–water partition coefficient (Wildman–Crippen LogP) is 5.32. The zero-order valence-corrected chi connectivity index (χ0v) is 18.5. The third kappa shape index (κ3) is 4.51. The van der Waals surface area contributed by atoms with Crippen LogP contribution in [0, 0.1) is 12.7 Å². The Kier molecular flexibility index (Phi) is 5.87. The molecule has 0 bridgehead atoms. The SMILES string of the molecule is Cc1cc(Nc2ncc(-c3nc(C4CCNCC4)sc3-c3ccc(F)cc3)cn2)ccn1. The molecule has 4 heterocycles. The van der Waals surface area contributed by atoms with Crippen LogP contribution in [-0.4, -0.2) is 33.0 Å². The molecule has 0 unspecified atom stereocenters. The van der Waals surface area contributed by atoms with E-state index in [4.69, 9.17) is 4.98 Å². The molecule has 0 spiro atoms. The Balaban J connectivity index is 1.48. The molecule has 1 saturated heterocycles. The van der Waals surface area contributed by atoms with Gasteiger partial charge >= 0.3 is 0 Å². The van der Waals surface area contributed by atoms with Crippen LogP contribution in [-0.2, 0) is 0 Å². The first-order valence-electron chi connectivity index (χ1n) is 10.7. The highest BCUT2D eigenvalue weighted by atomic mass is 32.1. The molecule has 0 saturated carbocycles. The molecule has 3 aromatic heterocycles. The first-order valence-corrected chi connectivity index (χ1v) is 11.5. The predicted molar refractivity (Wildman–Crippen MR) is 126 cm³/mol. The molecule has 1 aliphatic rings. The van der Waals surface area contributed by atoms with Crippen LogP contribution in [0.15, 0.2) is 55.0 Å². The van der Waals surface area contributed by atoms with Crippen LogP contribution >= 0.6 is 11.3 Å². The quantitative estimate of drug-likeness (QED) is 0.432. The topological polar surface area (TPSA) is 75.6 Å². The smallest absolute Gasteiger partial charge is 0.227 e. The minimum Gasteiger partial charge on any atom is -0.324 e.